The lowest BCUT2D eigenvalue weighted by Gasteiger charge is -2.30. The average Bonchev–Trinajstić information content (AvgIpc) is 2.31. The van der Waals surface area contributed by atoms with Crippen molar-refractivity contribution in [1.82, 2.24) is 0 Å². The predicted octanol–water partition coefficient (Wildman–Crippen LogP) is 2.10. The molecule has 0 aromatic carbocycles. The van der Waals surface area contributed by atoms with E-state index in [2.05, 4.69) is 9.47 Å². The molecule has 0 unspecified atom stereocenters. The van der Waals surface area contributed by atoms with Crippen LogP contribution < -0.4 is 0 Å². The summed E-state index contributed by atoms with van der Waals surface area (Å²) in [5.74, 6) is -2.84. The van der Waals surface area contributed by atoms with Crippen molar-refractivity contribution < 1.29 is 22.6 Å². The van der Waals surface area contributed by atoms with Crippen LogP contribution in [0.5, 0.6) is 0 Å². The third kappa shape index (κ3) is 1.51. The van der Waals surface area contributed by atoms with E-state index in [-0.39, 0.29) is 13.2 Å². The van der Waals surface area contributed by atoms with Gasteiger partial charge in [-0.1, -0.05) is 23.2 Å². The van der Waals surface area contributed by atoms with Gasteiger partial charge in [-0.2, -0.15) is 13.2 Å². The molecule has 0 atom stereocenters. The average molecular weight is 225 g/mol. The van der Waals surface area contributed by atoms with Gasteiger partial charge >= 0.3 is 6.18 Å². The fourth-order valence-corrected chi connectivity index (χ4v) is 1.34. The molecule has 0 aromatic heterocycles. The van der Waals surface area contributed by atoms with Crippen molar-refractivity contribution >= 4 is 23.2 Å². The number of ether oxygens (including phenoxy) is 2. The first kappa shape index (κ1) is 10.4. The second-order valence-electron chi connectivity index (χ2n) is 2.16. The third-order valence-corrected chi connectivity index (χ3v) is 1.97. The molecule has 1 heterocycles. The molecule has 72 valence electrons. The summed E-state index contributed by atoms with van der Waals surface area (Å²) < 4.78 is 45.5. The Hall–Kier alpha value is 0.290. The van der Waals surface area contributed by atoms with E-state index in [4.69, 9.17) is 23.2 Å². The predicted molar refractivity (Wildman–Crippen MR) is 36.2 cm³/mol. The molecule has 1 fully saturated rings. The van der Waals surface area contributed by atoms with Crippen molar-refractivity contribution in [2.45, 2.75) is 16.8 Å². The molecule has 0 aromatic rings. The highest BCUT2D eigenvalue weighted by molar-refractivity contribution is 6.45. The summed E-state index contributed by atoms with van der Waals surface area (Å²) in [6.07, 6.45) is -4.71. The van der Waals surface area contributed by atoms with E-state index < -0.39 is 16.8 Å². The Morgan fingerprint density at radius 2 is 1.58 bits per heavy atom. The summed E-state index contributed by atoms with van der Waals surface area (Å²) in [5, 5.41) is 0. The zero-order chi connectivity index (χ0) is 9.41. The highest BCUT2D eigenvalue weighted by Gasteiger charge is 2.64. The molecular weight excluding hydrogens is 220 g/mol. The SMILES string of the molecule is FC(F)(F)C1(C(Cl)Cl)OCCO1. The third-order valence-electron chi connectivity index (χ3n) is 1.40. The maximum atomic E-state index is 12.2. The Balaban J connectivity index is 2.87. The van der Waals surface area contributed by atoms with Crippen LogP contribution in [-0.4, -0.2) is 30.0 Å². The minimum atomic E-state index is -4.71. The summed E-state index contributed by atoms with van der Waals surface area (Å²) in [4.78, 5) is -1.78. The second kappa shape index (κ2) is 3.21. The second-order valence-corrected chi connectivity index (χ2v) is 3.26. The summed E-state index contributed by atoms with van der Waals surface area (Å²) in [5.41, 5.74) is 0. The Bertz CT molecular complexity index is 165. The van der Waals surface area contributed by atoms with Crippen LogP contribution in [-0.2, 0) is 9.47 Å². The largest absolute Gasteiger partial charge is 0.446 e. The number of hydrogen-bond acceptors (Lipinski definition) is 2. The van der Waals surface area contributed by atoms with Gasteiger partial charge in [0, 0.05) is 0 Å². The van der Waals surface area contributed by atoms with Gasteiger partial charge in [-0.25, -0.2) is 0 Å². The van der Waals surface area contributed by atoms with Gasteiger partial charge in [-0.3, -0.25) is 0 Å². The van der Waals surface area contributed by atoms with Crippen LogP contribution in [0.4, 0.5) is 13.2 Å². The van der Waals surface area contributed by atoms with E-state index >= 15 is 0 Å². The van der Waals surface area contributed by atoms with Gasteiger partial charge < -0.3 is 9.47 Å². The summed E-state index contributed by atoms with van der Waals surface area (Å²) in [7, 11) is 0. The van der Waals surface area contributed by atoms with Gasteiger partial charge in [0.15, 0.2) is 4.84 Å². The first-order valence-corrected chi connectivity index (χ1v) is 3.90. The first-order chi connectivity index (χ1) is 5.40. The molecular formula is C5H5Cl2F3O2. The zero-order valence-electron chi connectivity index (χ0n) is 5.70. The van der Waals surface area contributed by atoms with Gasteiger partial charge in [-0.05, 0) is 0 Å². The van der Waals surface area contributed by atoms with Crippen LogP contribution in [0.1, 0.15) is 0 Å². The molecule has 0 spiro atoms. The minimum Gasteiger partial charge on any atom is -0.338 e. The number of hydrogen-bond donors (Lipinski definition) is 0. The molecule has 2 nitrogen and oxygen atoms in total. The maximum Gasteiger partial charge on any atom is 0.446 e. The lowest BCUT2D eigenvalue weighted by Crippen LogP contribution is -2.51. The van der Waals surface area contributed by atoms with E-state index in [9.17, 15) is 13.2 Å². The molecule has 0 aliphatic carbocycles. The highest BCUT2D eigenvalue weighted by Crippen LogP contribution is 2.43. The molecule has 0 amide bonds. The fraction of sp³-hybridized carbons (Fsp3) is 1.00. The van der Waals surface area contributed by atoms with E-state index in [1.807, 2.05) is 0 Å². The molecule has 0 bridgehead atoms. The maximum absolute atomic E-state index is 12.2. The lowest BCUT2D eigenvalue weighted by atomic mass is 10.3. The van der Waals surface area contributed by atoms with Crippen LogP contribution in [0.25, 0.3) is 0 Å². The number of alkyl halides is 5. The van der Waals surface area contributed by atoms with Crippen LogP contribution in [0.3, 0.4) is 0 Å². The zero-order valence-corrected chi connectivity index (χ0v) is 7.21. The van der Waals surface area contributed by atoms with Gasteiger partial charge in [0.2, 0.25) is 0 Å². The summed E-state index contributed by atoms with van der Waals surface area (Å²) in [6.45, 7) is -0.315. The molecule has 0 radical (unpaired) electrons. The van der Waals surface area contributed by atoms with E-state index in [1.54, 1.807) is 0 Å². The Labute approximate surface area is 76.5 Å². The highest BCUT2D eigenvalue weighted by atomic mass is 35.5. The fourth-order valence-electron chi connectivity index (χ4n) is 0.842. The molecule has 12 heavy (non-hydrogen) atoms. The van der Waals surface area contributed by atoms with Crippen LogP contribution >= 0.6 is 23.2 Å². The lowest BCUT2D eigenvalue weighted by molar-refractivity contribution is -0.336. The molecule has 7 heteroatoms. The normalized spacial score (nSPS) is 23.5. The minimum absolute atomic E-state index is 0.157. The molecule has 0 saturated carbocycles. The van der Waals surface area contributed by atoms with E-state index in [0.717, 1.165) is 0 Å². The Morgan fingerprint density at radius 1 is 1.17 bits per heavy atom. The van der Waals surface area contributed by atoms with E-state index in [1.165, 1.54) is 0 Å². The quantitative estimate of drug-likeness (QED) is 0.636. The van der Waals surface area contributed by atoms with Crippen molar-refractivity contribution in [2.75, 3.05) is 13.2 Å². The van der Waals surface area contributed by atoms with Crippen molar-refractivity contribution in [3.8, 4) is 0 Å². The molecule has 1 saturated heterocycles. The van der Waals surface area contributed by atoms with Crippen LogP contribution in [0.15, 0.2) is 0 Å². The first-order valence-electron chi connectivity index (χ1n) is 3.03. The van der Waals surface area contributed by atoms with Crippen LogP contribution in [0.2, 0.25) is 0 Å². The monoisotopic (exact) mass is 224 g/mol. The van der Waals surface area contributed by atoms with Crippen LogP contribution in [0, 0.1) is 0 Å². The molecule has 1 rings (SSSR count). The number of rotatable bonds is 1. The van der Waals surface area contributed by atoms with E-state index in [0.29, 0.717) is 0 Å². The molecule has 1 aliphatic rings. The smallest absolute Gasteiger partial charge is 0.338 e. The Morgan fingerprint density at radius 3 is 1.75 bits per heavy atom. The van der Waals surface area contributed by atoms with Crippen molar-refractivity contribution in [2.24, 2.45) is 0 Å². The van der Waals surface area contributed by atoms with Gasteiger partial charge in [0.1, 0.15) is 0 Å². The topological polar surface area (TPSA) is 18.5 Å². The van der Waals surface area contributed by atoms with Gasteiger partial charge in [0.05, 0.1) is 13.2 Å². The van der Waals surface area contributed by atoms with Crippen molar-refractivity contribution in [1.29, 1.82) is 0 Å². The molecule has 0 N–H and O–H groups in total. The Kier molecular flexibility index (Phi) is 2.78. The van der Waals surface area contributed by atoms with Crippen molar-refractivity contribution in [3.05, 3.63) is 0 Å². The summed E-state index contributed by atoms with van der Waals surface area (Å²) >= 11 is 10.2. The van der Waals surface area contributed by atoms with Crippen molar-refractivity contribution in [3.63, 3.8) is 0 Å². The standard InChI is InChI=1S/C5H5Cl2F3O2/c6-3(7)4(5(8,9)10)11-1-2-12-4/h3H,1-2H2. The molecule has 1 aliphatic heterocycles. The number of halogens is 5. The van der Waals surface area contributed by atoms with Gasteiger partial charge in [-0.15, -0.1) is 0 Å². The van der Waals surface area contributed by atoms with Gasteiger partial charge in [0.25, 0.3) is 5.79 Å². The summed E-state index contributed by atoms with van der Waals surface area (Å²) in [6, 6.07) is 0.